The molecule has 98 valence electrons. The van der Waals surface area contributed by atoms with Gasteiger partial charge in [-0.25, -0.2) is 9.67 Å². The molecular weight excluding hydrogens is 244 g/mol. The van der Waals surface area contributed by atoms with Crippen LogP contribution in [-0.2, 0) is 12.0 Å². The lowest BCUT2D eigenvalue weighted by Crippen LogP contribution is -2.12. The zero-order valence-electron chi connectivity index (χ0n) is 11.6. The van der Waals surface area contributed by atoms with Crippen molar-refractivity contribution in [3.8, 4) is 0 Å². The minimum Gasteiger partial charge on any atom is -0.316 e. The summed E-state index contributed by atoms with van der Waals surface area (Å²) in [4.78, 5) is 4.42. The molecular formula is C13H20N4S. The molecule has 2 rings (SSSR count). The van der Waals surface area contributed by atoms with Crippen molar-refractivity contribution in [2.75, 3.05) is 5.32 Å². The number of nitrogens with zero attached hydrogens (tertiary/aromatic N) is 3. The fraction of sp³-hybridized carbons (Fsp3) is 0.538. The molecule has 0 spiro atoms. The van der Waals surface area contributed by atoms with Crippen molar-refractivity contribution in [2.24, 2.45) is 0 Å². The zero-order valence-corrected chi connectivity index (χ0v) is 12.4. The number of anilines is 2. The van der Waals surface area contributed by atoms with Crippen LogP contribution in [0.2, 0.25) is 0 Å². The number of aryl methyl sites for hydroxylation is 2. The van der Waals surface area contributed by atoms with E-state index in [0.717, 1.165) is 28.9 Å². The Balaban J connectivity index is 2.29. The van der Waals surface area contributed by atoms with Gasteiger partial charge in [0, 0.05) is 23.4 Å². The highest BCUT2D eigenvalue weighted by Crippen LogP contribution is 2.26. The second kappa shape index (κ2) is 4.72. The number of hydrogen-bond acceptors (Lipinski definition) is 4. The number of hydrogen-bond donors (Lipinski definition) is 1. The summed E-state index contributed by atoms with van der Waals surface area (Å²) in [5.41, 5.74) is 2.21. The van der Waals surface area contributed by atoms with E-state index in [4.69, 9.17) is 0 Å². The fourth-order valence-electron chi connectivity index (χ4n) is 1.65. The first-order valence-electron chi connectivity index (χ1n) is 6.17. The van der Waals surface area contributed by atoms with Crippen LogP contribution >= 0.6 is 11.3 Å². The van der Waals surface area contributed by atoms with E-state index in [1.807, 2.05) is 17.0 Å². The SMILES string of the molecule is CCn1nc(C(C)(C)C)cc1Nc1nc(C)cs1. The molecule has 2 aromatic rings. The predicted octanol–water partition coefficient (Wildman–Crippen LogP) is 3.71. The Morgan fingerprint density at radius 3 is 2.61 bits per heavy atom. The maximum Gasteiger partial charge on any atom is 0.188 e. The molecule has 4 nitrogen and oxygen atoms in total. The van der Waals surface area contributed by atoms with Gasteiger partial charge in [-0.1, -0.05) is 20.8 Å². The van der Waals surface area contributed by atoms with E-state index in [9.17, 15) is 0 Å². The summed E-state index contributed by atoms with van der Waals surface area (Å²) in [7, 11) is 0. The first-order valence-corrected chi connectivity index (χ1v) is 7.05. The highest BCUT2D eigenvalue weighted by atomic mass is 32.1. The van der Waals surface area contributed by atoms with Crippen molar-refractivity contribution in [3.05, 3.63) is 22.8 Å². The number of thiazole rings is 1. The predicted molar refractivity (Wildman–Crippen MR) is 76.7 cm³/mol. The van der Waals surface area contributed by atoms with Crippen molar-refractivity contribution < 1.29 is 0 Å². The minimum atomic E-state index is 0.0651. The smallest absolute Gasteiger partial charge is 0.188 e. The topological polar surface area (TPSA) is 42.7 Å². The monoisotopic (exact) mass is 264 g/mol. The fourth-order valence-corrected chi connectivity index (χ4v) is 2.34. The molecule has 18 heavy (non-hydrogen) atoms. The molecule has 0 unspecified atom stereocenters. The summed E-state index contributed by atoms with van der Waals surface area (Å²) >= 11 is 1.62. The molecule has 2 aromatic heterocycles. The van der Waals surface area contributed by atoms with E-state index in [1.165, 1.54) is 0 Å². The van der Waals surface area contributed by atoms with Crippen LogP contribution in [0.25, 0.3) is 0 Å². The third-order valence-electron chi connectivity index (χ3n) is 2.70. The van der Waals surface area contributed by atoms with Gasteiger partial charge in [-0.05, 0) is 13.8 Å². The molecule has 0 radical (unpaired) electrons. The Labute approximate surface area is 112 Å². The lowest BCUT2D eigenvalue weighted by Gasteiger charge is -2.13. The lowest BCUT2D eigenvalue weighted by atomic mass is 9.92. The van der Waals surface area contributed by atoms with Crippen LogP contribution in [0.15, 0.2) is 11.4 Å². The standard InChI is InChI=1S/C13H20N4S/c1-6-17-11(7-10(16-17)13(3,4)5)15-12-14-9(2)8-18-12/h7-8H,6H2,1-5H3,(H,14,15). The third kappa shape index (κ3) is 2.72. The molecule has 0 aromatic carbocycles. The van der Waals surface area contributed by atoms with Gasteiger partial charge in [-0.2, -0.15) is 5.10 Å². The molecule has 2 heterocycles. The van der Waals surface area contributed by atoms with Gasteiger partial charge in [0.15, 0.2) is 5.13 Å². The quantitative estimate of drug-likeness (QED) is 0.919. The molecule has 0 saturated heterocycles. The lowest BCUT2D eigenvalue weighted by molar-refractivity contribution is 0.542. The van der Waals surface area contributed by atoms with Crippen LogP contribution in [0.4, 0.5) is 10.9 Å². The molecule has 5 heteroatoms. The van der Waals surface area contributed by atoms with E-state index in [-0.39, 0.29) is 5.41 Å². The van der Waals surface area contributed by atoms with Crippen molar-refractivity contribution in [1.82, 2.24) is 14.8 Å². The van der Waals surface area contributed by atoms with Crippen LogP contribution < -0.4 is 5.32 Å². The van der Waals surface area contributed by atoms with Crippen molar-refractivity contribution in [3.63, 3.8) is 0 Å². The first kappa shape index (κ1) is 13.1. The Kier molecular flexibility index (Phi) is 3.43. The van der Waals surface area contributed by atoms with Crippen molar-refractivity contribution in [1.29, 1.82) is 0 Å². The van der Waals surface area contributed by atoms with E-state index >= 15 is 0 Å². The summed E-state index contributed by atoms with van der Waals surface area (Å²) in [5, 5.41) is 10.9. The first-order chi connectivity index (χ1) is 8.40. The van der Waals surface area contributed by atoms with E-state index in [2.05, 4.69) is 49.2 Å². The molecule has 0 amide bonds. The Morgan fingerprint density at radius 1 is 1.39 bits per heavy atom. The maximum absolute atomic E-state index is 4.63. The molecule has 1 N–H and O–H groups in total. The summed E-state index contributed by atoms with van der Waals surface area (Å²) in [6, 6.07) is 2.11. The maximum atomic E-state index is 4.63. The normalized spacial score (nSPS) is 11.8. The van der Waals surface area contributed by atoms with Crippen LogP contribution in [-0.4, -0.2) is 14.8 Å². The van der Waals surface area contributed by atoms with Gasteiger partial charge in [-0.15, -0.1) is 11.3 Å². The minimum absolute atomic E-state index is 0.0651. The Morgan fingerprint density at radius 2 is 2.11 bits per heavy atom. The van der Waals surface area contributed by atoms with Crippen LogP contribution in [0.1, 0.15) is 39.1 Å². The van der Waals surface area contributed by atoms with Gasteiger partial charge in [0.2, 0.25) is 0 Å². The van der Waals surface area contributed by atoms with Gasteiger partial charge >= 0.3 is 0 Å². The Bertz CT molecular complexity index is 533. The summed E-state index contributed by atoms with van der Waals surface area (Å²) in [6.07, 6.45) is 0. The van der Waals surface area contributed by atoms with Crippen LogP contribution in [0.5, 0.6) is 0 Å². The largest absolute Gasteiger partial charge is 0.316 e. The molecule has 0 aliphatic carbocycles. The molecule has 0 aliphatic heterocycles. The number of aromatic nitrogens is 3. The summed E-state index contributed by atoms with van der Waals surface area (Å²) in [5.74, 6) is 1.01. The average Bonchev–Trinajstić information content (AvgIpc) is 2.85. The van der Waals surface area contributed by atoms with Gasteiger partial charge in [0.1, 0.15) is 5.82 Å². The van der Waals surface area contributed by atoms with Gasteiger partial charge in [-0.3, -0.25) is 0 Å². The highest BCUT2D eigenvalue weighted by molar-refractivity contribution is 7.13. The average molecular weight is 264 g/mol. The van der Waals surface area contributed by atoms with Gasteiger partial charge < -0.3 is 5.32 Å². The van der Waals surface area contributed by atoms with Crippen molar-refractivity contribution in [2.45, 2.75) is 46.6 Å². The van der Waals surface area contributed by atoms with Crippen LogP contribution in [0, 0.1) is 6.92 Å². The van der Waals surface area contributed by atoms with Crippen molar-refractivity contribution >= 4 is 22.3 Å². The third-order valence-corrected chi connectivity index (χ3v) is 3.58. The van der Waals surface area contributed by atoms with Gasteiger partial charge in [0.25, 0.3) is 0 Å². The Hall–Kier alpha value is -1.36. The second-order valence-electron chi connectivity index (χ2n) is 5.40. The molecule has 0 atom stereocenters. The number of rotatable bonds is 3. The van der Waals surface area contributed by atoms with E-state index < -0.39 is 0 Å². The summed E-state index contributed by atoms with van der Waals surface area (Å²) < 4.78 is 1.98. The molecule has 0 aliphatic rings. The van der Waals surface area contributed by atoms with Gasteiger partial charge in [0.05, 0.1) is 11.4 Å². The number of nitrogens with one attached hydrogen (secondary N) is 1. The van der Waals surface area contributed by atoms with Crippen LogP contribution in [0.3, 0.4) is 0 Å². The summed E-state index contributed by atoms with van der Waals surface area (Å²) in [6.45, 7) is 11.5. The molecule has 0 bridgehead atoms. The van der Waals surface area contributed by atoms with E-state index in [0.29, 0.717) is 0 Å². The van der Waals surface area contributed by atoms with E-state index in [1.54, 1.807) is 11.3 Å². The molecule has 0 saturated carbocycles. The highest BCUT2D eigenvalue weighted by Gasteiger charge is 2.19. The second-order valence-corrected chi connectivity index (χ2v) is 6.26. The molecule has 0 fully saturated rings. The zero-order chi connectivity index (χ0) is 13.3.